The number of hydrogen-bond donors (Lipinski definition) is 0. The van der Waals surface area contributed by atoms with Gasteiger partial charge >= 0.3 is 6.09 Å². The van der Waals surface area contributed by atoms with Crippen molar-refractivity contribution >= 4 is 12.6 Å². The summed E-state index contributed by atoms with van der Waals surface area (Å²) in [5.74, 6) is 0.935. The minimum atomic E-state index is -0.874. The van der Waals surface area contributed by atoms with E-state index >= 15 is 0 Å². The first-order valence-electron chi connectivity index (χ1n) is 9.91. The largest absolute Gasteiger partial charge is 0.497 e. The first-order valence-corrected chi connectivity index (χ1v) is 9.91. The van der Waals surface area contributed by atoms with Crippen LogP contribution in [0.5, 0.6) is 5.75 Å². The van der Waals surface area contributed by atoms with Crippen LogP contribution in [0.2, 0.25) is 0 Å². The van der Waals surface area contributed by atoms with Crippen LogP contribution >= 0.6 is 0 Å². The monoisotopic (exact) mass is 413 g/mol. The van der Waals surface area contributed by atoms with Gasteiger partial charge < -0.3 is 18.9 Å². The third-order valence-electron chi connectivity index (χ3n) is 4.91. The van der Waals surface area contributed by atoms with E-state index in [4.69, 9.17) is 18.9 Å². The van der Waals surface area contributed by atoms with E-state index in [2.05, 4.69) is 0 Å². The van der Waals surface area contributed by atoms with Crippen LogP contribution in [0.4, 0.5) is 4.79 Å². The van der Waals surface area contributed by atoms with Gasteiger partial charge in [0.15, 0.2) is 6.23 Å². The van der Waals surface area contributed by atoms with Crippen molar-refractivity contribution in [2.24, 2.45) is 5.92 Å². The summed E-state index contributed by atoms with van der Waals surface area (Å²) in [4.78, 5) is 25.7. The van der Waals surface area contributed by atoms with Gasteiger partial charge in [0.1, 0.15) is 18.4 Å². The lowest BCUT2D eigenvalue weighted by atomic mass is 10.0. The second-order valence-corrected chi connectivity index (χ2v) is 7.51. The second-order valence-electron chi connectivity index (χ2n) is 7.51. The smallest absolute Gasteiger partial charge is 0.412 e. The molecule has 3 atom stereocenters. The Balaban J connectivity index is 1.87. The molecule has 1 fully saturated rings. The number of benzene rings is 2. The lowest BCUT2D eigenvalue weighted by molar-refractivity contribution is -0.163. The molecule has 1 heterocycles. The summed E-state index contributed by atoms with van der Waals surface area (Å²) in [5, 5.41) is 0. The third-order valence-corrected chi connectivity index (χ3v) is 4.91. The molecule has 0 bridgehead atoms. The summed E-state index contributed by atoms with van der Waals surface area (Å²) in [6.45, 7) is 4.55. The van der Waals surface area contributed by atoms with Crippen molar-refractivity contribution in [1.29, 1.82) is 0 Å². The van der Waals surface area contributed by atoms with Crippen molar-refractivity contribution in [1.82, 2.24) is 4.90 Å². The number of nitrogens with zero attached hydrogens (tertiary/aromatic N) is 1. The van der Waals surface area contributed by atoms with Gasteiger partial charge in [-0.15, -0.1) is 0 Å². The normalized spacial score (nSPS) is 20.8. The maximum atomic E-state index is 13.1. The Morgan fingerprint density at radius 2 is 1.83 bits per heavy atom. The zero-order chi connectivity index (χ0) is 21.5. The molecule has 1 saturated heterocycles. The van der Waals surface area contributed by atoms with Crippen LogP contribution in [0.3, 0.4) is 0 Å². The predicted molar refractivity (Wildman–Crippen MR) is 109 cm³/mol. The molecule has 7 heteroatoms. The molecule has 30 heavy (non-hydrogen) atoms. The van der Waals surface area contributed by atoms with Crippen LogP contribution in [-0.2, 0) is 25.6 Å². The minimum Gasteiger partial charge on any atom is -0.497 e. The minimum absolute atomic E-state index is 0.138. The molecule has 2 aromatic carbocycles. The molecule has 1 aliphatic heterocycles. The Morgan fingerprint density at radius 3 is 2.43 bits per heavy atom. The summed E-state index contributed by atoms with van der Waals surface area (Å²) < 4.78 is 22.0. The fourth-order valence-electron chi connectivity index (χ4n) is 3.51. The van der Waals surface area contributed by atoms with E-state index < -0.39 is 24.7 Å². The van der Waals surface area contributed by atoms with Crippen molar-refractivity contribution < 1.29 is 28.5 Å². The highest BCUT2D eigenvalue weighted by atomic mass is 16.7. The Bertz CT molecular complexity index is 823. The Morgan fingerprint density at radius 1 is 1.13 bits per heavy atom. The van der Waals surface area contributed by atoms with Gasteiger partial charge in [0.05, 0.1) is 7.11 Å². The first-order chi connectivity index (χ1) is 14.5. The number of carbonyl (C=O) groups is 2. The molecular weight excluding hydrogens is 386 g/mol. The molecule has 1 amide bonds. The summed E-state index contributed by atoms with van der Waals surface area (Å²) in [5.41, 5.74) is 1.62. The highest BCUT2D eigenvalue weighted by Gasteiger charge is 2.48. The molecule has 0 spiro atoms. The van der Waals surface area contributed by atoms with Gasteiger partial charge in [-0.05, 0) is 30.0 Å². The number of carbonyl (C=O) groups excluding carboxylic acids is 2. The molecule has 160 valence electrons. The first kappa shape index (κ1) is 21.6. The average molecular weight is 413 g/mol. The lowest BCUT2D eigenvalue weighted by Gasteiger charge is -2.28. The lowest BCUT2D eigenvalue weighted by Crippen LogP contribution is -2.42. The van der Waals surface area contributed by atoms with Crippen molar-refractivity contribution in [2.45, 2.75) is 45.4 Å². The van der Waals surface area contributed by atoms with Gasteiger partial charge in [0.2, 0.25) is 6.29 Å². The summed E-state index contributed by atoms with van der Waals surface area (Å²) in [7, 11) is 1.58. The molecule has 2 aromatic rings. The SMILES string of the molecule is COc1ccc(C2OC(OC=O)[C@H](CC(C)C)N2C(=O)OCc2ccccc2)cc1. The molecule has 0 radical (unpaired) electrons. The Kier molecular flexibility index (Phi) is 7.30. The number of ether oxygens (including phenoxy) is 4. The Labute approximate surface area is 176 Å². The van der Waals surface area contributed by atoms with Gasteiger partial charge in [-0.3, -0.25) is 9.69 Å². The van der Waals surface area contributed by atoms with Crippen molar-refractivity contribution in [2.75, 3.05) is 7.11 Å². The molecule has 3 rings (SSSR count). The van der Waals surface area contributed by atoms with Gasteiger partial charge in [-0.1, -0.05) is 56.3 Å². The maximum absolute atomic E-state index is 13.1. The fraction of sp³-hybridized carbons (Fsp3) is 0.391. The van der Waals surface area contributed by atoms with E-state index in [1.807, 2.05) is 56.3 Å². The number of rotatable bonds is 8. The number of amides is 1. The van der Waals surface area contributed by atoms with E-state index in [0.717, 1.165) is 11.1 Å². The van der Waals surface area contributed by atoms with Gasteiger partial charge in [-0.2, -0.15) is 0 Å². The van der Waals surface area contributed by atoms with E-state index in [1.54, 1.807) is 19.2 Å². The van der Waals surface area contributed by atoms with E-state index in [0.29, 0.717) is 18.6 Å². The van der Waals surface area contributed by atoms with Crippen LogP contribution < -0.4 is 4.74 Å². The number of methoxy groups -OCH3 is 1. The van der Waals surface area contributed by atoms with E-state index in [-0.39, 0.29) is 12.5 Å². The molecule has 2 unspecified atom stereocenters. The molecule has 0 saturated carbocycles. The molecule has 0 aromatic heterocycles. The van der Waals surface area contributed by atoms with Crippen LogP contribution in [-0.4, -0.2) is 36.9 Å². The maximum Gasteiger partial charge on any atom is 0.412 e. The topological polar surface area (TPSA) is 74.3 Å². The fourth-order valence-corrected chi connectivity index (χ4v) is 3.51. The van der Waals surface area contributed by atoms with Gasteiger partial charge in [-0.25, -0.2) is 4.79 Å². The summed E-state index contributed by atoms with van der Waals surface area (Å²) >= 11 is 0. The van der Waals surface area contributed by atoms with E-state index in [1.165, 1.54) is 4.90 Å². The zero-order valence-electron chi connectivity index (χ0n) is 17.4. The highest BCUT2D eigenvalue weighted by molar-refractivity contribution is 5.69. The average Bonchev–Trinajstić information content (AvgIpc) is 3.10. The van der Waals surface area contributed by atoms with Gasteiger partial charge in [0.25, 0.3) is 6.47 Å². The molecular formula is C23H27NO6. The standard InChI is InChI=1S/C23H27NO6/c1-16(2)13-20-22(29-15-25)30-21(18-9-11-19(27-3)12-10-18)24(20)23(26)28-14-17-7-5-4-6-8-17/h4-12,15-16,20-22H,13-14H2,1-3H3/t20-,21?,22?/m0/s1. The van der Waals surface area contributed by atoms with Crippen molar-refractivity contribution in [3.8, 4) is 5.75 Å². The summed E-state index contributed by atoms with van der Waals surface area (Å²) in [6, 6.07) is 16.2. The predicted octanol–water partition coefficient (Wildman–Crippen LogP) is 4.28. The van der Waals surface area contributed by atoms with Crippen LogP contribution in [0.25, 0.3) is 0 Å². The zero-order valence-corrected chi connectivity index (χ0v) is 17.4. The molecule has 0 N–H and O–H groups in total. The third kappa shape index (κ3) is 5.10. The Hall–Kier alpha value is -3.06. The van der Waals surface area contributed by atoms with Crippen LogP contribution in [0.1, 0.15) is 37.6 Å². The quantitative estimate of drug-likeness (QED) is 0.602. The van der Waals surface area contributed by atoms with Crippen molar-refractivity contribution in [3.63, 3.8) is 0 Å². The second kappa shape index (κ2) is 10.1. The summed E-state index contributed by atoms with van der Waals surface area (Å²) in [6.07, 6.45) is -1.55. The molecule has 7 nitrogen and oxygen atoms in total. The number of hydrogen-bond acceptors (Lipinski definition) is 6. The molecule has 1 aliphatic rings. The van der Waals surface area contributed by atoms with Crippen LogP contribution in [0.15, 0.2) is 54.6 Å². The van der Waals surface area contributed by atoms with Crippen molar-refractivity contribution in [3.05, 3.63) is 65.7 Å². The van der Waals surface area contributed by atoms with E-state index in [9.17, 15) is 9.59 Å². The molecule has 0 aliphatic carbocycles. The highest BCUT2D eigenvalue weighted by Crippen LogP contribution is 2.38. The van der Waals surface area contributed by atoms with Crippen LogP contribution in [0, 0.1) is 5.92 Å². The van der Waals surface area contributed by atoms with Gasteiger partial charge in [0, 0.05) is 5.56 Å².